The van der Waals surface area contributed by atoms with Gasteiger partial charge in [0.15, 0.2) is 17.6 Å². The van der Waals surface area contributed by atoms with Crippen molar-refractivity contribution in [2.75, 3.05) is 14.1 Å². The predicted octanol–water partition coefficient (Wildman–Crippen LogP) is 1.01. The van der Waals surface area contributed by atoms with Gasteiger partial charge in [0.1, 0.15) is 6.33 Å². The molecular formula is C16H16N4O3. The number of aldehydes is 1. The smallest absolute Gasteiger partial charge is 0.275 e. The number of amides is 1. The van der Waals surface area contributed by atoms with E-state index in [1.807, 2.05) is 6.92 Å². The molecule has 118 valence electrons. The molecular weight excluding hydrogens is 296 g/mol. The number of aromatic nitrogens is 3. The fourth-order valence-electron chi connectivity index (χ4n) is 2.79. The van der Waals surface area contributed by atoms with E-state index in [-0.39, 0.29) is 17.2 Å². The summed E-state index contributed by atoms with van der Waals surface area (Å²) < 4.78 is 3.01. The maximum atomic E-state index is 12.7. The van der Waals surface area contributed by atoms with Crippen LogP contribution in [0.15, 0.2) is 23.3 Å². The Morgan fingerprint density at radius 3 is 2.61 bits per heavy atom. The Kier molecular flexibility index (Phi) is 3.28. The van der Waals surface area contributed by atoms with Crippen LogP contribution in [0.5, 0.6) is 0 Å². The van der Waals surface area contributed by atoms with E-state index >= 15 is 0 Å². The van der Waals surface area contributed by atoms with Crippen molar-refractivity contribution in [3.05, 3.63) is 45.6 Å². The quantitative estimate of drug-likeness (QED) is 0.662. The van der Waals surface area contributed by atoms with Crippen molar-refractivity contribution in [3.63, 3.8) is 0 Å². The van der Waals surface area contributed by atoms with Crippen LogP contribution in [0.3, 0.4) is 0 Å². The van der Waals surface area contributed by atoms with Gasteiger partial charge in [-0.1, -0.05) is 0 Å². The maximum absolute atomic E-state index is 12.7. The van der Waals surface area contributed by atoms with Gasteiger partial charge >= 0.3 is 0 Å². The molecule has 3 aromatic rings. The van der Waals surface area contributed by atoms with Crippen LogP contribution in [0.2, 0.25) is 0 Å². The highest BCUT2D eigenvalue weighted by Gasteiger charge is 2.21. The second kappa shape index (κ2) is 5.05. The van der Waals surface area contributed by atoms with Crippen molar-refractivity contribution >= 4 is 28.7 Å². The summed E-state index contributed by atoms with van der Waals surface area (Å²) in [5.74, 6) is -0.304. The highest BCUT2D eigenvalue weighted by Crippen LogP contribution is 2.21. The van der Waals surface area contributed by atoms with Crippen LogP contribution in [-0.2, 0) is 7.05 Å². The Hall–Kier alpha value is -2.96. The molecule has 0 fully saturated rings. The SMILES string of the molecule is Cc1cc(C=O)c2c(c1)c(=O)n(C)c1c(C(=O)N(C)C)ncn21. The fraction of sp³-hybridized carbons (Fsp3) is 0.250. The number of benzene rings is 1. The van der Waals surface area contributed by atoms with Crippen LogP contribution in [0.4, 0.5) is 0 Å². The summed E-state index contributed by atoms with van der Waals surface area (Å²) in [5.41, 5.74) is 1.95. The summed E-state index contributed by atoms with van der Waals surface area (Å²) in [6, 6.07) is 3.44. The van der Waals surface area contributed by atoms with Crippen molar-refractivity contribution in [3.8, 4) is 0 Å². The molecule has 7 nitrogen and oxygen atoms in total. The van der Waals surface area contributed by atoms with Crippen LogP contribution < -0.4 is 5.56 Å². The number of nitrogens with zero attached hydrogens (tertiary/aromatic N) is 4. The Morgan fingerprint density at radius 1 is 1.30 bits per heavy atom. The van der Waals surface area contributed by atoms with Gasteiger partial charge in [-0.3, -0.25) is 23.4 Å². The van der Waals surface area contributed by atoms with Crippen molar-refractivity contribution in [2.45, 2.75) is 6.92 Å². The number of fused-ring (bicyclic) bond motifs is 3. The van der Waals surface area contributed by atoms with Crippen LogP contribution in [0.1, 0.15) is 26.4 Å². The highest BCUT2D eigenvalue weighted by molar-refractivity contribution is 6.01. The standard InChI is InChI=1S/C16H16N4O3/c1-9-5-10(7-21)13-11(6-9)15(22)19(4)14-12(16(23)18(2)3)17-8-20(13)14/h5-8H,1-4H3. The largest absolute Gasteiger partial charge is 0.343 e. The zero-order valence-electron chi connectivity index (χ0n) is 13.3. The van der Waals surface area contributed by atoms with Crippen LogP contribution in [0, 0.1) is 6.92 Å². The van der Waals surface area contributed by atoms with Gasteiger partial charge < -0.3 is 4.90 Å². The molecule has 3 rings (SSSR count). The molecule has 23 heavy (non-hydrogen) atoms. The van der Waals surface area contributed by atoms with Gasteiger partial charge in [0.25, 0.3) is 11.5 Å². The lowest BCUT2D eigenvalue weighted by Crippen LogP contribution is -2.26. The molecule has 0 spiro atoms. The Morgan fingerprint density at radius 2 is 2.00 bits per heavy atom. The third-order valence-electron chi connectivity index (χ3n) is 3.86. The minimum atomic E-state index is -0.304. The van der Waals surface area contributed by atoms with Gasteiger partial charge in [-0.05, 0) is 24.6 Å². The Balaban J connectivity index is 2.58. The average molecular weight is 312 g/mol. The highest BCUT2D eigenvalue weighted by atomic mass is 16.2. The summed E-state index contributed by atoms with van der Waals surface area (Å²) in [7, 11) is 4.83. The van der Waals surface area contributed by atoms with Crippen molar-refractivity contribution in [1.82, 2.24) is 18.9 Å². The van der Waals surface area contributed by atoms with Gasteiger partial charge in [0, 0.05) is 26.7 Å². The lowest BCUT2D eigenvalue weighted by Gasteiger charge is -2.12. The van der Waals surface area contributed by atoms with Crippen LogP contribution in [0.25, 0.3) is 16.6 Å². The molecule has 2 aromatic heterocycles. The molecule has 0 aliphatic heterocycles. The molecule has 1 amide bonds. The molecule has 0 unspecified atom stereocenters. The van der Waals surface area contributed by atoms with E-state index in [1.54, 1.807) is 37.7 Å². The third kappa shape index (κ3) is 2.04. The Bertz CT molecular complexity index is 1030. The molecule has 0 saturated carbocycles. The first-order chi connectivity index (χ1) is 10.9. The van der Waals surface area contributed by atoms with Gasteiger partial charge in [0.05, 0.1) is 10.9 Å². The zero-order chi connectivity index (χ0) is 16.9. The monoisotopic (exact) mass is 312 g/mol. The first kappa shape index (κ1) is 15.0. The molecule has 0 atom stereocenters. The molecule has 0 N–H and O–H groups in total. The second-order valence-corrected chi connectivity index (χ2v) is 5.72. The van der Waals surface area contributed by atoms with Gasteiger partial charge in [0.2, 0.25) is 0 Å². The normalized spacial score (nSPS) is 11.1. The number of carbonyl (C=O) groups excluding carboxylic acids is 2. The summed E-state index contributed by atoms with van der Waals surface area (Å²) in [5, 5.41) is 0.420. The minimum Gasteiger partial charge on any atom is -0.343 e. The lowest BCUT2D eigenvalue weighted by molar-refractivity contribution is 0.0824. The van der Waals surface area contributed by atoms with Crippen molar-refractivity contribution < 1.29 is 9.59 Å². The van der Waals surface area contributed by atoms with E-state index in [4.69, 9.17) is 0 Å². The minimum absolute atomic E-state index is 0.175. The number of aryl methyl sites for hydroxylation is 2. The molecule has 0 bridgehead atoms. The second-order valence-electron chi connectivity index (χ2n) is 5.72. The molecule has 7 heteroatoms. The molecule has 1 aromatic carbocycles. The first-order valence-corrected chi connectivity index (χ1v) is 7.04. The summed E-state index contributed by atoms with van der Waals surface area (Å²) in [4.78, 5) is 42.0. The topological polar surface area (TPSA) is 76.7 Å². The molecule has 0 saturated heterocycles. The van der Waals surface area contributed by atoms with Gasteiger partial charge in [-0.25, -0.2) is 4.98 Å². The first-order valence-electron chi connectivity index (χ1n) is 7.04. The number of hydrogen-bond acceptors (Lipinski definition) is 4. The third-order valence-corrected chi connectivity index (χ3v) is 3.86. The molecule has 0 radical (unpaired) electrons. The van der Waals surface area contributed by atoms with E-state index in [0.717, 1.165) is 5.56 Å². The van der Waals surface area contributed by atoms with Crippen molar-refractivity contribution in [1.29, 1.82) is 0 Å². The van der Waals surface area contributed by atoms with Crippen LogP contribution >= 0.6 is 0 Å². The van der Waals surface area contributed by atoms with Gasteiger partial charge in [-0.15, -0.1) is 0 Å². The number of imidazole rings is 1. The van der Waals surface area contributed by atoms with Crippen LogP contribution in [-0.4, -0.2) is 45.1 Å². The molecule has 2 heterocycles. The van der Waals surface area contributed by atoms with Crippen molar-refractivity contribution in [2.24, 2.45) is 7.05 Å². The maximum Gasteiger partial charge on any atom is 0.275 e. The van der Waals surface area contributed by atoms with Gasteiger partial charge in [-0.2, -0.15) is 0 Å². The van der Waals surface area contributed by atoms with E-state index in [0.29, 0.717) is 28.4 Å². The average Bonchev–Trinajstić information content (AvgIpc) is 2.95. The lowest BCUT2D eigenvalue weighted by atomic mass is 10.1. The summed E-state index contributed by atoms with van der Waals surface area (Å²) in [6.45, 7) is 1.82. The van der Waals surface area contributed by atoms with E-state index < -0.39 is 0 Å². The van der Waals surface area contributed by atoms with E-state index in [1.165, 1.54) is 15.8 Å². The summed E-state index contributed by atoms with van der Waals surface area (Å²) >= 11 is 0. The van der Waals surface area contributed by atoms with E-state index in [2.05, 4.69) is 4.98 Å². The molecule has 0 aliphatic rings. The molecule has 0 aliphatic carbocycles. The zero-order valence-corrected chi connectivity index (χ0v) is 13.3. The fourth-order valence-corrected chi connectivity index (χ4v) is 2.79. The Labute approximate surface area is 131 Å². The number of hydrogen-bond donors (Lipinski definition) is 0. The number of carbonyl (C=O) groups is 2. The summed E-state index contributed by atoms with van der Waals surface area (Å²) in [6.07, 6.45) is 2.18. The van der Waals surface area contributed by atoms with E-state index in [9.17, 15) is 14.4 Å². The number of rotatable bonds is 2. The predicted molar refractivity (Wildman–Crippen MR) is 86.1 cm³/mol.